The highest BCUT2D eigenvalue weighted by molar-refractivity contribution is 7.23. The first-order chi connectivity index (χ1) is 9.90. The van der Waals surface area contributed by atoms with Crippen LogP contribution >= 0.6 is 11.3 Å². The molecular formula is C16H18N2O2S. The topological polar surface area (TPSA) is 43.6 Å². The first kappa shape index (κ1) is 14.1. The van der Waals surface area contributed by atoms with Gasteiger partial charge in [-0.05, 0) is 30.0 Å². The van der Waals surface area contributed by atoms with E-state index >= 15 is 0 Å². The molecule has 0 N–H and O–H groups in total. The van der Waals surface area contributed by atoms with Crippen molar-refractivity contribution in [2.24, 2.45) is 0 Å². The number of hydrogen-bond acceptors (Lipinski definition) is 4. The normalized spacial score (nSPS) is 12.2. The molecule has 4 nitrogen and oxygen atoms in total. The summed E-state index contributed by atoms with van der Waals surface area (Å²) in [4.78, 5) is 16.9. The van der Waals surface area contributed by atoms with Crippen molar-refractivity contribution in [3.8, 4) is 0 Å². The molecule has 0 saturated carbocycles. The summed E-state index contributed by atoms with van der Waals surface area (Å²) in [5.74, 6) is -0.368. The lowest BCUT2D eigenvalue weighted by molar-refractivity contribution is 0.0520. The number of benzene rings is 1. The largest absolute Gasteiger partial charge is 0.461 e. The van der Waals surface area contributed by atoms with Crippen LogP contribution in [0.3, 0.4) is 0 Å². The summed E-state index contributed by atoms with van der Waals surface area (Å²) >= 11 is 1.59. The summed E-state index contributed by atoms with van der Waals surface area (Å²) < 4.78 is 8.13. The van der Waals surface area contributed by atoms with Crippen molar-refractivity contribution in [3.05, 3.63) is 35.7 Å². The van der Waals surface area contributed by atoms with Crippen molar-refractivity contribution in [1.29, 1.82) is 0 Å². The van der Waals surface area contributed by atoms with E-state index in [-0.39, 0.29) is 11.4 Å². The van der Waals surface area contributed by atoms with Crippen LogP contribution in [-0.4, -0.2) is 22.0 Å². The Bertz CT molecular complexity index is 824. The zero-order chi connectivity index (χ0) is 15.2. The molecule has 110 valence electrons. The molecule has 0 aliphatic rings. The van der Waals surface area contributed by atoms with Gasteiger partial charge >= 0.3 is 5.97 Å². The maximum Gasteiger partial charge on any atom is 0.358 e. The van der Waals surface area contributed by atoms with Gasteiger partial charge < -0.3 is 4.74 Å². The van der Waals surface area contributed by atoms with E-state index in [9.17, 15) is 4.79 Å². The standard InChI is InChI=1S/C16H18N2O2S/c1-5-20-14(19)11-9-18-12-7-6-10(16(2,3)4)8-13(12)21-15(18)17-11/h6-9H,5H2,1-4H3. The molecule has 21 heavy (non-hydrogen) atoms. The Hall–Kier alpha value is -1.88. The summed E-state index contributed by atoms with van der Waals surface area (Å²) in [5, 5.41) is 0. The van der Waals surface area contributed by atoms with Gasteiger partial charge in [-0.15, -0.1) is 0 Å². The van der Waals surface area contributed by atoms with E-state index in [1.807, 2.05) is 4.40 Å². The minimum absolute atomic E-state index is 0.121. The number of thiazole rings is 1. The summed E-state index contributed by atoms with van der Waals surface area (Å²) in [7, 11) is 0. The summed E-state index contributed by atoms with van der Waals surface area (Å²) in [6.07, 6.45) is 1.75. The molecule has 3 rings (SSSR count). The van der Waals surface area contributed by atoms with Crippen molar-refractivity contribution in [1.82, 2.24) is 9.38 Å². The predicted octanol–water partition coefficient (Wildman–Crippen LogP) is 4.02. The fourth-order valence-electron chi connectivity index (χ4n) is 2.27. The smallest absolute Gasteiger partial charge is 0.358 e. The first-order valence-corrected chi connectivity index (χ1v) is 7.81. The number of carbonyl (C=O) groups is 1. The molecular weight excluding hydrogens is 284 g/mol. The number of nitrogens with zero attached hydrogens (tertiary/aromatic N) is 2. The Balaban J connectivity index is 2.11. The maximum atomic E-state index is 11.7. The van der Waals surface area contributed by atoms with E-state index in [2.05, 4.69) is 44.0 Å². The zero-order valence-electron chi connectivity index (χ0n) is 12.6. The maximum absolute atomic E-state index is 11.7. The average Bonchev–Trinajstić information content (AvgIpc) is 2.94. The van der Waals surface area contributed by atoms with Crippen LogP contribution in [0.4, 0.5) is 0 Å². The second kappa shape index (κ2) is 4.84. The zero-order valence-corrected chi connectivity index (χ0v) is 13.5. The van der Waals surface area contributed by atoms with E-state index in [1.54, 1.807) is 24.5 Å². The Morgan fingerprint density at radius 3 is 2.81 bits per heavy atom. The lowest BCUT2D eigenvalue weighted by Gasteiger charge is -2.18. The second-order valence-corrected chi connectivity index (χ2v) is 7.04. The van der Waals surface area contributed by atoms with E-state index in [0.29, 0.717) is 12.3 Å². The number of fused-ring (bicyclic) bond motifs is 3. The van der Waals surface area contributed by atoms with Crippen LogP contribution in [-0.2, 0) is 10.2 Å². The summed E-state index contributed by atoms with van der Waals surface area (Å²) in [6.45, 7) is 8.75. The third-order valence-corrected chi connectivity index (χ3v) is 4.46. The SMILES string of the molecule is CCOC(=O)c1cn2c(n1)sc1cc(C(C)(C)C)ccc12. The van der Waals surface area contributed by atoms with Gasteiger partial charge in [0, 0.05) is 6.20 Å². The van der Waals surface area contributed by atoms with Crippen molar-refractivity contribution >= 4 is 32.5 Å². The van der Waals surface area contributed by atoms with E-state index in [4.69, 9.17) is 4.74 Å². The molecule has 0 amide bonds. The Kier molecular flexibility index (Phi) is 3.24. The van der Waals surface area contributed by atoms with Gasteiger partial charge in [0.1, 0.15) is 0 Å². The van der Waals surface area contributed by atoms with Gasteiger partial charge in [0.15, 0.2) is 10.7 Å². The summed E-state index contributed by atoms with van der Waals surface area (Å²) in [5.41, 5.74) is 2.86. The highest BCUT2D eigenvalue weighted by Crippen LogP contribution is 2.31. The third kappa shape index (κ3) is 2.42. The Labute approximate surface area is 127 Å². The second-order valence-electron chi connectivity index (χ2n) is 6.03. The number of aromatic nitrogens is 2. The molecule has 1 aromatic carbocycles. The summed E-state index contributed by atoms with van der Waals surface area (Å²) in [6, 6.07) is 6.44. The van der Waals surface area contributed by atoms with Crippen LogP contribution < -0.4 is 0 Å². The van der Waals surface area contributed by atoms with E-state index < -0.39 is 0 Å². The monoisotopic (exact) mass is 302 g/mol. The van der Waals surface area contributed by atoms with Gasteiger partial charge in [0.2, 0.25) is 0 Å². The quantitative estimate of drug-likeness (QED) is 0.671. The highest BCUT2D eigenvalue weighted by atomic mass is 32.1. The van der Waals surface area contributed by atoms with Crippen LogP contribution in [0, 0.1) is 0 Å². The highest BCUT2D eigenvalue weighted by Gasteiger charge is 2.18. The lowest BCUT2D eigenvalue weighted by atomic mass is 9.87. The predicted molar refractivity (Wildman–Crippen MR) is 85.2 cm³/mol. The first-order valence-electron chi connectivity index (χ1n) is 6.99. The van der Waals surface area contributed by atoms with Crippen molar-refractivity contribution < 1.29 is 9.53 Å². The molecule has 2 aromatic heterocycles. The molecule has 0 saturated heterocycles. The molecule has 0 bridgehead atoms. The van der Waals surface area contributed by atoms with Crippen LogP contribution in [0.15, 0.2) is 24.4 Å². The van der Waals surface area contributed by atoms with Gasteiger partial charge in [-0.3, -0.25) is 4.40 Å². The molecule has 0 radical (unpaired) electrons. The molecule has 0 aliphatic carbocycles. The lowest BCUT2D eigenvalue weighted by Crippen LogP contribution is -2.10. The van der Waals surface area contributed by atoms with Crippen molar-refractivity contribution in [2.45, 2.75) is 33.1 Å². The number of ether oxygens (including phenoxy) is 1. The van der Waals surface area contributed by atoms with E-state index in [0.717, 1.165) is 10.5 Å². The molecule has 0 aliphatic heterocycles. The van der Waals surface area contributed by atoms with Crippen LogP contribution in [0.2, 0.25) is 0 Å². The molecule has 0 atom stereocenters. The molecule has 2 heterocycles. The van der Waals surface area contributed by atoms with Gasteiger partial charge in [-0.1, -0.05) is 38.2 Å². The molecule has 0 unspecified atom stereocenters. The third-order valence-electron chi connectivity index (χ3n) is 3.44. The van der Waals surface area contributed by atoms with Gasteiger partial charge in [-0.2, -0.15) is 0 Å². The Morgan fingerprint density at radius 1 is 1.38 bits per heavy atom. The van der Waals surface area contributed by atoms with Crippen LogP contribution in [0.5, 0.6) is 0 Å². The number of hydrogen-bond donors (Lipinski definition) is 0. The average molecular weight is 302 g/mol. The van der Waals surface area contributed by atoms with Gasteiger partial charge in [0.05, 0.1) is 16.8 Å². The van der Waals surface area contributed by atoms with Gasteiger partial charge in [0.25, 0.3) is 0 Å². The fraction of sp³-hybridized carbons (Fsp3) is 0.375. The molecule has 0 spiro atoms. The number of imidazole rings is 1. The van der Waals surface area contributed by atoms with Crippen molar-refractivity contribution in [3.63, 3.8) is 0 Å². The molecule has 0 fully saturated rings. The fourth-order valence-corrected chi connectivity index (χ4v) is 3.32. The van der Waals surface area contributed by atoms with Crippen molar-refractivity contribution in [2.75, 3.05) is 6.61 Å². The number of carbonyl (C=O) groups excluding carboxylic acids is 1. The van der Waals surface area contributed by atoms with Crippen LogP contribution in [0.1, 0.15) is 43.7 Å². The number of esters is 1. The molecule has 5 heteroatoms. The van der Waals surface area contributed by atoms with Gasteiger partial charge in [-0.25, -0.2) is 9.78 Å². The number of rotatable bonds is 2. The minimum atomic E-state index is -0.368. The van der Waals surface area contributed by atoms with E-state index in [1.165, 1.54) is 10.3 Å². The van der Waals surface area contributed by atoms with Crippen LogP contribution in [0.25, 0.3) is 15.2 Å². The minimum Gasteiger partial charge on any atom is -0.461 e. The Morgan fingerprint density at radius 2 is 2.14 bits per heavy atom. The molecule has 3 aromatic rings.